The van der Waals surface area contributed by atoms with E-state index in [4.69, 9.17) is 4.74 Å². The second kappa shape index (κ2) is 5.89. The van der Waals surface area contributed by atoms with Gasteiger partial charge in [-0.2, -0.15) is 0 Å². The van der Waals surface area contributed by atoms with Crippen LogP contribution in [0.4, 0.5) is 4.79 Å². The van der Waals surface area contributed by atoms with Gasteiger partial charge in [0, 0.05) is 0 Å². The second-order valence-corrected chi connectivity index (χ2v) is 5.11. The number of carbonyl (C=O) groups excluding carboxylic acids is 1. The molecule has 1 aliphatic rings. The highest BCUT2D eigenvalue weighted by Gasteiger charge is 2.39. The minimum atomic E-state index is -1.05. The summed E-state index contributed by atoms with van der Waals surface area (Å²) >= 11 is 0. The molecule has 0 fully saturated rings. The van der Waals surface area contributed by atoms with Crippen molar-refractivity contribution in [1.29, 1.82) is 0 Å². The van der Waals surface area contributed by atoms with Crippen molar-refractivity contribution in [3.63, 3.8) is 0 Å². The fraction of sp³-hybridized carbons (Fsp3) is 0.176. The molecule has 3 rings (SSSR count). The van der Waals surface area contributed by atoms with Crippen molar-refractivity contribution in [3.8, 4) is 0 Å². The van der Waals surface area contributed by atoms with E-state index in [2.05, 4.69) is 0 Å². The van der Waals surface area contributed by atoms with E-state index in [0.717, 1.165) is 11.1 Å². The molecule has 1 heterocycles. The van der Waals surface area contributed by atoms with Crippen molar-refractivity contribution < 1.29 is 19.4 Å². The van der Waals surface area contributed by atoms with Crippen LogP contribution in [-0.4, -0.2) is 22.1 Å². The Morgan fingerprint density at radius 3 is 2.50 bits per heavy atom. The summed E-state index contributed by atoms with van der Waals surface area (Å²) in [7, 11) is 0. The van der Waals surface area contributed by atoms with Crippen LogP contribution in [0, 0.1) is 0 Å². The van der Waals surface area contributed by atoms with Gasteiger partial charge in [-0.15, -0.1) is 0 Å². The van der Waals surface area contributed by atoms with Gasteiger partial charge in [-0.05, 0) is 16.7 Å². The maximum absolute atomic E-state index is 12.2. The summed E-state index contributed by atoms with van der Waals surface area (Å²) in [5, 5.41) is 9.42. The number of nitrogens with zero attached hydrogens (tertiary/aromatic N) is 1. The molecule has 1 N–H and O–H groups in total. The molecule has 0 aliphatic carbocycles. The quantitative estimate of drug-likeness (QED) is 0.945. The zero-order valence-electron chi connectivity index (χ0n) is 11.8. The second-order valence-electron chi connectivity index (χ2n) is 5.11. The minimum absolute atomic E-state index is 0.124. The number of carboxylic acids is 1. The Labute approximate surface area is 127 Å². The van der Waals surface area contributed by atoms with Gasteiger partial charge in [0.25, 0.3) is 0 Å². The van der Waals surface area contributed by atoms with E-state index in [-0.39, 0.29) is 13.2 Å². The Balaban J connectivity index is 1.74. The zero-order chi connectivity index (χ0) is 15.5. The van der Waals surface area contributed by atoms with E-state index < -0.39 is 18.1 Å². The predicted molar refractivity (Wildman–Crippen MR) is 79.0 cm³/mol. The lowest BCUT2D eigenvalue weighted by Gasteiger charge is -2.21. The van der Waals surface area contributed by atoms with Crippen LogP contribution in [-0.2, 0) is 22.7 Å². The highest BCUT2D eigenvalue weighted by molar-refractivity contribution is 5.83. The number of carboxylic acid groups (broad SMARTS) is 1. The van der Waals surface area contributed by atoms with E-state index in [1.807, 2.05) is 42.5 Å². The topological polar surface area (TPSA) is 66.8 Å². The third-order valence-corrected chi connectivity index (χ3v) is 3.68. The smallest absolute Gasteiger partial charge is 0.411 e. The molecule has 112 valence electrons. The highest BCUT2D eigenvalue weighted by atomic mass is 16.6. The third kappa shape index (κ3) is 2.65. The lowest BCUT2D eigenvalue weighted by molar-refractivity contribution is -0.142. The first-order valence-electron chi connectivity index (χ1n) is 6.95. The molecule has 22 heavy (non-hydrogen) atoms. The van der Waals surface area contributed by atoms with Crippen LogP contribution in [0.3, 0.4) is 0 Å². The van der Waals surface area contributed by atoms with E-state index in [0.29, 0.717) is 5.56 Å². The number of benzene rings is 2. The molecule has 0 unspecified atom stereocenters. The average molecular weight is 297 g/mol. The summed E-state index contributed by atoms with van der Waals surface area (Å²) in [6, 6.07) is 15.5. The van der Waals surface area contributed by atoms with Crippen molar-refractivity contribution in [2.45, 2.75) is 19.2 Å². The van der Waals surface area contributed by atoms with Gasteiger partial charge in [0.2, 0.25) is 0 Å². The Hall–Kier alpha value is -2.82. The molecule has 0 bridgehead atoms. The molecule has 1 amide bonds. The molecule has 0 aromatic heterocycles. The predicted octanol–water partition coefficient (Wildman–Crippen LogP) is 2.96. The number of ether oxygens (including phenoxy) is 1. The first kappa shape index (κ1) is 14.1. The van der Waals surface area contributed by atoms with Crippen LogP contribution < -0.4 is 0 Å². The monoisotopic (exact) mass is 297 g/mol. The van der Waals surface area contributed by atoms with Gasteiger partial charge < -0.3 is 9.84 Å². The number of carbonyl (C=O) groups is 2. The first-order chi connectivity index (χ1) is 10.7. The molecular formula is C17H15NO4. The largest absolute Gasteiger partial charge is 0.479 e. The number of aliphatic carboxylic acids is 1. The Morgan fingerprint density at radius 2 is 1.77 bits per heavy atom. The summed E-state index contributed by atoms with van der Waals surface area (Å²) in [4.78, 5) is 25.0. The summed E-state index contributed by atoms with van der Waals surface area (Å²) in [6.45, 7) is 0.375. The summed E-state index contributed by atoms with van der Waals surface area (Å²) in [5.41, 5.74) is 2.35. The van der Waals surface area contributed by atoms with E-state index >= 15 is 0 Å². The fourth-order valence-corrected chi connectivity index (χ4v) is 2.63. The van der Waals surface area contributed by atoms with E-state index in [1.165, 1.54) is 4.90 Å². The molecule has 5 heteroatoms. The molecule has 0 saturated carbocycles. The van der Waals surface area contributed by atoms with Crippen molar-refractivity contribution in [3.05, 3.63) is 71.3 Å². The van der Waals surface area contributed by atoms with Crippen LogP contribution in [0.1, 0.15) is 22.7 Å². The van der Waals surface area contributed by atoms with Crippen molar-refractivity contribution >= 4 is 12.1 Å². The summed E-state index contributed by atoms with van der Waals surface area (Å²) < 4.78 is 5.25. The average Bonchev–Trinajstić information content (AvgIpc) is 2.93. The van der Waals surface area contributed by atoms with Crippen LogP contribution in [0.2, 0.25) is 0 Å². The lowest BCUT2D eigenvalue weighted by Crippen LogP contribution is -2.34. The first-order valence-corrected chi connectivity index (χ1v) is 6.95. The molecule has 0 spiro atoms. The van der Waals surface area contributed by atoms with Gasteiger partial charge >= 0.3 is 12.1 Å². The van der Waals surface area contributed by atoms with Gasteiger partial charge in [-0.3, -0.25) is 4.90 Å². The molecule has 2 aromatic carbocycles. The number of hydrogen-bond donors (Lipinski definition) is 1. The Morgan fingerprint density at radius 1 is 1.09 bits per heavy atom. The van der Waals surface area contributed by atoms with Gasteiger partial charge in [-0.1, -0.05) is 54.6 Å². The fourth-order valence-electron chi connectivity index (χ4n) is 2.63. The minimum Gasteiger partial charge on any atom is -0.479 e. The standard InChI is InChI=1S/C17H15NO4/c19-16(20)15-14-9-5-4-8-13(14)10-18(15)17(21)22-11-12-6-2-1-3-7-12/h1-9,15H,10-11H2,(H,19,20)/t15-/m0/s1. The van der Waals surface area contributed by atoms with Gasteiger partial charge in [0.15, 0.2) is 6.04 Å². The maximum Gasteiger partial charge on any atom is 0.411 e. The highest BCUT2D eigenvalue weighted by Crippen LogP contribution is 2.34. The molecule has 2 aromatic rings. The van der Waals surface area contributed by atoms with Crippen LogP contribution in [0.5, 0.6) is 0 Å². The van der Waals surface area contributed by atoms with Crippen molar-refractivity contribution in [2.75, 3.05) is 0 Å². The number of rotatable bonds is 3. The van der Waals surface area contributed by atoms with Gasteiger partial charge in [-0.25, -0.2) is 9.59 Å². The van der Waals surface area contributed by atoms with Crippen LogP contribution in [0.15, 0.2) is 54.6 Å². The van der Waals surface area contributed by atoms with Crippen molar-refractivity contribution in [2.24, 2.45) is 0 Å². The van der Waals surface area contributed by atoms with Crippen LogP contribution in [0.25, 0.3) is 0 Å². The Kier molecular flexibility index (Phi) is 3.78. The van der Waals surface area contributed by atoms with Gasteiger partial charge in [0.1, 0.15) is 6.61 Å². The molecule has 1 aliphatic heterocycles. The van der Waals surface area contributed by atoms with Crippen LogP contribution >= 0.6 is 0 Å². The molecular weight excluding hydrogens is 282 g/mol. The third-order valence-electron chi connectivity index (χ3n) is 3.68. The summed E-state index contributed by atoms with van der Waals surface area (Å²) in [6.07, 6.45) is -0.618. The van der Waals surface area contributed by atoms with E-state index in [9.17, 15) is 14.7 Å². The van der Waals surface area contributed by atoms with Crippen molar-refractivity contribution in [1.82, 2.24) is 4.90 Å². The summed E-state index contributed by atoms with van der Waals surface area (Å²) in [5.74, 6) is -1.05. The van der Waals surface area contributed by atoms with E-state index in [1.54, 1.807) is 12.1 Å². The normalized spacial score (nSPS) is 16.2. The zero-order valence-corrected chi connectivity index (χ0v) is 11.8. The Bertz CT molecular complexity index is 699. The SMILES string of the molecule is O=C(O)[C@@H]1c2ccccc2CN1C(=O)OCc1ccccc1. The number of fused-ring (bicyclic) bond motifs is 1. The molecule has 0 saturated heterocycles. The lowest BCUT2D eigenvalue weighted by atomic mass is 10.1. The molecule has 5 nitrogen and oxygen atoms in total. The molecule has 0 radical (unpaired) electrons. The maximum atomic E-state index is 12.2. The number of hydrogen-bond acceptors (Lipinski definition) is 3. The van der Waals surface area contributed by atoms with Gasteiger partial charge in [0.05, 0.1) is 6.54 Å². The number of amides is 1. The molecule has 1 atom stereocenters.